The molecule has 0 fully saturated rings. The first-order valence-electron chi connectivity index (χ1n) is 4.44. The molecule has 2 rings (SSSR count). The summed E-state index contributed by atoms with van der Waals surface area (Å²) in [6.45, 7) is 3.21. The van der Waals surface area contributed by atoms with Crippen molar-refractivity contribution in [1.82, 2.24) is 0 Å². The van der Waals surface area contributed by atoms with Crippen LogP contribution in [0.4, 0.5) is 4.39 Å². The molecule has 69 valence electrons. The van der Waals surface area contributed by atoms with Crippen LogP contribution in [0.3, 0.4) is 0 Å². The topological polar surface area (TPSA) is 0 Å². The van der Waals surface area contributed by atoms with E-state index < -0.39 is 5.83 Å². The summed E-state index contributed by atoms with van der Waals surface area (Å²) in [5.41, 5.74) is 0.844. The summed E-state index contributed by atoms with van der Waals surface area (Å²) in [7, 11) is 0. The summed E-state index contributed by atoms with van der Waals surface area (Å²) < 4.78 is 12.5. The minimum atomic E-state index is -0.416. The third-order valence-corrected chi connectivity index (χ3v) is 2.10. The molecule has 0 N–H and O–H groups in total. The van der Waals surface area contributed by atoms with Crippen LogP contribution in [0.5, 0.6) is 0 Å². The lowest BCUT2D eigenvalue weighted by Crippen LogP contribution is -1.75. The fourth-order valence-electron chi connectivity index (χ4n) is 1.48. The van der Waals surface area contributed by atoms with Gasteiger partial charge < -0.3 is 0 Å². The van der Waals surface area contributed by atoms with Crippen LogP contribution in [0.25, 0.3) is 16.8 Å². The SMILES string of the molecule is [CH2]/C(F)=C/c1ccc2ccccc2c1. The first-order chi connectivity index (χ1) is 6.75. The molecule has 2 aromatic carbocycles. The molecule has 0 bridgehead atoms. The van der Waals surface area contributed by atoms with E-state index in [-0.39, 0.29) is 0 Å². The van der Waals surface area contributed by atoms with Crippen molar-refractivity contribution in [2.75, 3.05) is 0 Å². The third-order valence-electron chi connectivity index (χ3n) is 2.10. The average Bonchev–Trinajstić information content (AvgIpc) is 2.17. The molecule has 2 aromatic rings. The van der Waals surface area contributed by atoms with Crippen LogP contribution in [0, 0.1) is 6.92 Å². The maximum absolute atomic E-state index is 12.5. The van der Waals surface area contributed by atoms with Crippen LogP contribution < -0.4 is 0 Å². The highest BCUT2D eigenvalue weighted by Gasteiger charge is 1.93. The second-order valence-electron chi connectivity index (χ2n) is 3.20. The monoisotopic (exact) mass is 185 g/mol. The quantitative estimate of drug-likeness (QED) is 0.630. The molecule has 0 saturated carbocycles. The first-order valence-corrected chi connectivity index (χ1v) is 4.44. The number of fused-ring (bicyclic) bond motifs is 1. The standard InChI is InChI=1S/C13H10F/c1-10(14)8-11-6-7-12-4-2-3-5-13(12)9-11/h2-9H,1H2/b10-8-. The van der Waals surface area contributed by atoms with E-state index in [1.165, 1.54) is 6.08 Å². The Hall–Kier alpha value is -1.63. The molecule has 0 saturated heterocycles. The molecular formula is C13H10F. The van der Waals surface area contributed by atoms with Gasteiger partial charge in [0.25, 0.3) is 0 Å². The fourth-order valence-corrected chi connectivity index (χ4v) is 1.48. The van der Waals surface area contributed by atoms with E-state index in [4.69, 9.17) is 0 Å². The lowest BCUT2D eigenvalue weighted by atomic mass is 10.1. The molecule has 0 atom stereocenters. The largest absolute Gasteiger partial charge is 0.212 e. The Balaban J connectivity index is 2.57. The van der Waals surface area contributed by atoms with Crippen molar-refractivity contribution >= 4 is 16.8 Å². The van der Waals surface area contributed by atoms with Crippen molar-refractivity contribution in [1.29, 1.82) is 0 Å². The zero-order valence-electron chi connectivity index (χ0n) is 7.70. The zero-order valence-corrected chi connectivity index (χ0v) is 7.70. The number of benzene rings is 2. The van der Waals surface area contributed by atoms with Gasteiger partial charge in [0.1, 0.15) is 5.83 Å². The van der Waals surface area contributed by atoms with Crippen molar-refractivity contribution in [3.63, 3.8) is 0 Å². The van der Waals surface area contributed by atoms with Gasteiger partial charge in [0, 0.05) is 6.92 Å². The lowest BCUT2D eigenvalue weighted by Gasteiger charge is -1.98. The lowest BCUT2D eigenvalue weighted by molar-refractivity contribution is 0.673. The van der Waals surface area contributed by atoms with Crippen LogP contribution in [-0.2, 0) is 0 Å². The number of rotatable bonds is 1. The molecule has 0 amide bonds. The van der Waals surface area contributed by atoms with E-state index in [0.717, 1.165) is 16.3 Å². The molecule has 0 unspecified atom stereocenters. The highest BCUT2D eigenvalue weighted by atomic mass is 19.1. The Morgan fingerprint density at radius 1 is 1.07 bits per heavy atom. The molecule has 1 heteroatoms. The summed E-state index contributed by atoms with van der Waals surface area (Å²) in [4.78, 5) is 0. The molecule has 0 nitrogen and oxygen atoms in total. The number of hydrogen-bond donors (Lipinski definition) is 0. The van der Waals surface area contributed by atoms with Gasteiger partial charge in [-0.3, -0.25) is 0 Å². The van der Waals surface area contributed by atoms with Gasteiger partial charge in [-0.2, -0.15) is 0 Å². The van der Waals surface area contributed by atoms with Crippen LogP contribution >= 0.6 is 0 Å². The van der Waals surface area contributed by atoms with Gasteiger partial charge >= 0.3 is 0 Å². The number of hydrogen-bond acceptors (Lipinski definition) is 0. The van der Waals surface area contributed by atoms with Crippen molar-refractivity contribution in [3.8, 4) is 0 Å². The third kappa shape index (κ3) is 1.82. The predicted octanol–water partition coefficient (Wildman–Crippen LogP) is 3.98. The Bertz CT molecular complexity index is 479. The molecule has 0 heterocycles. The second kappa shape index (κ2) is 3.62. The van der Waals surface area contributed by atoms with Gasteiger partial charge in [-0.25, -0.2) is 4.39 Å². The predicted molar refractivity (Wildman–Crippen MR) is 58.4 cm³/mol. The van der Waals surface area contributed by atoms with Crippen LogP contribution in [0.1, 0.15) is 5.56 Å². The molecule has 1 radical (unpaired) electrons. The van der Waals surface area contributed by atoms with E-state index in [0.29, 0.717) is 0 Å². The van der Waals surface area contributed by atoms with E-state index in [1.807, 2.05) is 42.5 Å². The minimum absolute atomic E-state index is 0.416. The highest BCUT2D eigenvalue weighted by molar-refractivity contribution is 5.84. The molecule has 0 spiro atoms. The van der Waals surface area contributed by atoms with E-state index >= 15 is 0 Å². The molecule has 14 heavy (non-hydrogen) atoms. The van der Waals surface area contributed by atoms with E-state index in [2.05, 4.69) is 6.92 Å². The highest BCUT2D eigenvalue weighted by Crippen LogP contribution is 2.17. The summed E-state index contributed by atoms with van der Waals surface area (Å²) >= 11 is 0. The van der Waals surface area contributed by atoms with Crippen molar-refractivity contribution in [2.24, 2.45) is 0 Å². The molecule has 0 aliphatic carbocycles. The maximum Gasteiger partial charge on any atom is 0.101 e. The number of allylic oxidation sites excluding steroid dienone is 1. The summed E-state index contributed by atoms with van der Waals surface area (Å²) in [5.74, 6) is -0.416. The Labute approximate surface area is 82.7 Å². The van der Waals surface area contributed by atoms with Crippen LogP contribution in [0.2, 0.25) is 0 Å². The second-order valence-corrected chi connectivity index (χ2v) is 3.20. The first kappa shape index (κ1) is 8.95. The van der Waals surface area contributed by atoms with Crippen molar-refractivity contribution in [3.05, 3.63) is 60.8 Å². The fraction of sp³-hybridized carbons (Fsp3) is 0. The van der Waals surface area contributed by atoms with Crippen LogP contribution in [0.15, 0.2) is 48.3 Å². The average molecular weight is 185 g/mol. The number of halogens is 1. The summed E-state index contributed by atoms with van der Waals surface area (Å²) in [5, 5.41) is 2.27. The van der Waals surface area contributed by atoms with Crippen LogP contribution in [-0.4, -0.2) is 0 Å². The van der Waals surface area contributed by atoms with Gasteiger partial charge in [0.2, 0.25) is 0 Å². The molecule has 0 aliphatic rings. The molecule has 0 aliphatic heterocycles. The maximum atomic E-state index is 12.5. The summed E-state index contributed by atoms with van der Waals surface area (Å²) in [6, 6.07) is 13.8. The summed E-state index contributed by atoms with van der Waals surface area (Å²) in [6.07, 6.45) is 1.42. The normalized spacial score (nSPS) is 12.0. The van der Waals surface area contributed by atoms with Gasteiger partial charge in [0.15, 0.2) is 0 Å². The van der Waals surface area contributed by atoms with Crippen molar-refractivity contribution in [2.45, 2.75) is 0 Å². The van der Waals surface area contributed by atoms with Gasteiger partial charge in [-0.05, 0) is 28.5 Å². The van der Waals surface area contributed by atoms with Gasteiger partial charge in [-0.1, -0.05) is 36.4 Å². The minimum Gasteiger partial charge on any atom is -0.212 e. The Kier molecular flexibility index (Phi) is 2.32. The Morgan fingerprint density at radius 3 is 2.50 bits per heavy atom. The van der Waals surface area contributed by atoms with Crippen molar-refractivity contribution < 1.29 is 4.39 Å². The van der Waals surface area contributed by atoms with Gasteiger partial charge in [-0.15, -0.1) is 0 Å². The van der Waals surface area contributed by atoms with Gasteiger partial charge in [0.05, 0.1) is 0 Å². The molecule has 0 aromatic heterocycles. The smallest absolute Gasteiger partial charge is 0.101 e. The van der Waals surface area contributed by atoms with E-state index in [1.54, 1.807) is 0 Å². The molecular weight excluding hydrogens is 175 g/mol. The Morgan fingerprint density at radius 2 is 1.79 bits per heavy atom. The van der Waals surface area contributed by atoms with E-state index in [9.17, 15) is 4.39 Å². The zero-order chi connectivity index (χ0) is 9.97.